The molecule has 0 saturated carbocycles. The number of unbranched alkanes of at least 4 members (excludes halogenated alkanes) is 2. The van der Waals surface area contributed by atoms with Gasteiger partial charge in [0.2, 0.25) is 5.91 Å². The van der Waals surface area contributed by atoms with Crippen LogP contribution in [0.5, 0.6) is 0 Å². The molecule has 0 heterocycles. The minimum absolute atomic E-state index is 0.107. The first kappa shape index (κ1) is 16.8. The van der Waals surface area contributed by atoms with Crippen LogP contribution >= 0.6 is 15.9 Å². The third-order valence-electron chi connectivity index (χ3n) is 3.57. The molecule has 0 fully saturated rings. The van der Waals surface area contributed by atoms with E-state index in [9.17, 15) is 4.79 Å². The van der Waals surface area contributed by atoms with Crippen molar-refractivity contribution in [1.29, 1.82) is 0 Å². The summed E-state index contributed by atoms with van der Waals surface area (Å²) in [6, 6.07) is 18.4. The first-order chi connectivity index (χ1) is 10.8. The summed E-state index contributed by atoms with van der Waals surface area (Å²) in [5.41, 5.74) is 3.33. The van der Waals surface area contributed by atoms with Crippen LogP contribution in [0.4, 0.5) is 5.69 Å². The zero-order valence-corrected chi connectivity index (χ0v) is 14.3. The fraction of sp³-hybridized carbons (Fsp3) is 0.316. The van der Waals surface area contributed by atoms with Gasteiger partial charge in [-0.1, -0.05) is 70.9 Å². The van der Waals surface area contributed by atoms with E-state index in [-0.39, 0.29) is 5.91 Å². The van der Waals surface area contributed by atoms with Crippen LogP contribution in [0.25, 0.3) is 0 Å². The molecule has 0 spiro atoms. The SMILES string of the molecule is O=C(CCCCCBr)Nc1ccccc1Cc1ccccc1. The molecule has 2 aromatic carbocycles. The van der Waals surface area contributed by atoms with E-state index in [1.807, 2.05) is 36.4 Å². The average molecular weight is 360 g/mol. The van der Waals surface area contributed by atoms with Gasteiger partial charge in [-0.25, -0.2) is 0 Å². The second-order valence-corrected chi connectivity index (χ2v) is 6.16. The van der Waals surface area contributed by atoms with Gasteiger partial charge < -0.3 is 5.32 Å². The van der Waals surface area contributed by atoms with Gasteiger partial charge in [-0.05, 0) is 36.5 Å². The summed E-state index contributed by atoms with van der Waals surface area (Å²) in [7, 11) is 0. The molecule has 0 unspecified atom stereocenters. The standard InChI is InChI=1S/C19H22BrNO/c20-14-8-2-5-13-19(22)21-18-12-7-6-11-17(18)15-16-9-3-1-4-10-16/h1,3-4,6-7,9-12H,2,5,8,13-15H2,(H,21,22). The zero-order valence-electron chi connectivity index (χ0n) is 12.7. The summed E-state index contributed by atoms with van der Waals surface area (Å²) in [5.74, 6) is 0.107. The number of hydrogen-bond donors (Lipinski definition) is 1. The van der Waals surface area contributed by atoms with Gasteiger partial charge in [0.25, 0.3) is 0 Å². The van der Waals surface area contributed by atoms with Crippen molar-refractivity contribution >= 4 is 27.5 Å². The van der Waals surface area contributed by atoms with Gasteiger partial charge in [-0.3, -0.25) is 4.79 Å². The summed E-state index contributed by atoms with van der Waals surface area (Å²) in [4.78, 5) is 12.1. The smallest absolute Gasteiger partial charge is 0.224 e. The molecule has 0 aromatic heterocycles. The fourth-order valence-corrected chi connectivity index (χ4v) is 2.78. The van der Waals surface area contributed by atoms with Crippen molar-refractivity contribution in [3.8, 4) is 0 Å². The lowest BCUT2D eigenvalue weighted by Gasteiger charge is -2.11. The molecule has 1 N–H and O–H groups in total. The van der Waals surface area contributed by atoms with Crippen LogP contribution in [0.15, 0.2) is 54.6 Å². The maximum absolute atomic E-state index is 12.1. The van der Waals surface area contributed by atoms with Crippen LogP contribution in [0.3, 0.4) is 0 Å². The number of halogens is 1. The highest BCUT2D eigenvalue weighted by Gasteiger charge is 2.07. The normalized spacial score (nSPS) is 10.4. The Morgan fingerprint density at radius 3 is 2.41 bits per heavy atom. The number of amides is 1. The molecule has 0 saturated heterocycles. The number of anilines is 1. The maximum atomic E-state index is 12.1. The Hall–Kier alpha value is -1.61. The third-order valence-corrected chi connectivity index (χ3v) is 4.13. The number of alkyl halides is 1. The molecular weight excluding hydrogens is 338 g/mol. The molecule has 2 aromatic rings. The Kier molecular flexibility index (Phi) is 7.17. The van der Waals surface area contributed by atoms with Gasteiger partial charge in [0, 0.05) is 17.4 Å². The lowest BCUT2D eigenvalue weighted by atomic mass is 10.0. The van der Waals surface area contributed by atoms with E-state index in [1.165, 1.54) is 5.56 Å². The van der Waals surface area contributed by atoms with Crippen LogP contribution in [-0.2, 0) is 11.2 Å². The quantitative estimate of drug-likeness (QED) is 0.511. The lowest BCUT2D eigenvalue weighted by molar-refractivity contribution is -0.116. The molecule has 0 aliphatic carbocycles. The zero-order chi connectivity index (χ0) is 15.6. The second kappa shape index (κ2) is 9.42. The van der Waals surface area contributed by atoms with Crippen LogP contribution in [-0.4, -0.2) is 11.2 Å². The Morgan fingerprint density at radius 1 is 0.909 bits per heavy atom. The average Bonchev–Trinajstić information content (AvgIpc) is 2.54. The minimum Gasteiger partial charge on any atom is -0.326 e. The highest BCUT2D eigenvalue weighted by molar-refractivity contribution is 9.09. The predicted octanol–water partition coefficient (Wildman–Crippen LogP) is 5.17. The van der Waals surface area contributed by atoms with Crippen LogP contribution in [0, 0.1) is 0 Å². The van der Waals surface area contributed by atoms with Gasteiger partial charge >= 0.3 is 0 Å². The van der Waals surface area contributed by atoms with E-state index in [1.54, 1.807) is 0 Å². The molecule has 22 heavy (non-hydrogen) atoms. The molecule has 1 amide bonds. The summed E-state index contributed by atoms with van der Waals surface area (Å²) in [6.07, 6.45) is 4.58. The molecule has 0 atom stereocenters. The topological polar surface area (TPSA) is 29.1 Å². The van der Waals surface area contributed by atoms with Gasteiger partial charge in [-0.2, -0.15) is 0 Å². The van der Waals surface area contributed by atoms with Gasteiger partial charge in [0.15, 0.2) is 0 Å². The number of rotatable bonds is 8. The molecule has 0 bridgehead atoms. The fourth-order valence-electron chi connectivity index (χ4n) is 2.38. The number of hydrogen-bond acceptors (Lipinski definition) is 1. The molecular formula is C19H22BrNO. The summed E-state index contributed by atoms with van der Waals surface area (Å²) in [6.45, 7) is 0. The van der Waals surface area contributed by atoms with Crippen molar-refractivity contribution in [2.24, 2.45) is 0 Å². The number of para-hydroxylation sites is 1. The van der Waals surface area contributed by atoms with Gasteiger partial charge in [0.1, 0.15) is 0 Å². The maximum Gasteiger partial charge on any atom is 0.224 e. The van der Waals surface area contributed by atoms with Crippen molar-refractivity contribution in [2.75, 3.05) is 10.6 Å². The van der Waals surface area contributed by atoms with Crippen molar-refractivity contribution in [2.45, 2.75) is 32.1 Å². The van der Waals surface area contributed by atoms with Crippen molar-refractivity contribution < 1.29 is 4.79 Å². The summed E-state index contributed by atoms with van der Waals surface area (Å²) >= 11 is 3.41. The van der Waals surface area contributed by atoms with Crippen LogP contribution in [0.2, 0.25) is 0 Å². The monoisotopic (exact) mass is 359 g/mol. The van der Waals surface area contributed by atoms with Crippen LogP contribution in [0.1, 0.15) is 36.8 Å². The first-order valence-electron chi connectivity index (χ1n) is 7.77. The predicted molar refractivity (Wildman–Crippen MR) is 96.6 cm³/mol. The Morgan fingerprint density at radius 2 is 1.64 bits per heavy atom. The highest BCUT2D eigenvalue weighted by Crippen LogP contribution is 2.19. The first-order valence-corrected chi connectivity index (χ1v) is 8.89. The number of carbonyl (C=O) groups excluding carboxylic acids is 1. The largest absolute Gasteiger partial charge is 0.326 e. The molecule has 2 nitrogen and oxygen atoms in total. The van der Waals surface area contributed by atoms with Crippen molar-refractivity contribution in [1.82, 2.24) is 0 Å². The Balaban J connectivity index is 1.95. The van der Waals surface area contributed by atoms with E-state index >= 15 is 0 Å². The highest BCUT2D eigenvalue weighted by atomic mass is 79.9. The van der Waals surface area contributed by atoms with Gasteiger partial charge in [0.05, 0.1) is 0 Å². The molecule has 0 radical (unpaired) electrons. The molecule has 116 valence electrons. The van der Waals surface area contributed by atoms with E-state index in [0.29, 0.717) is 6.42 Å². The van der Waals surface area contributed by atoms with E-state index in [0.717, 1.165) is 42.3 Å². The number of nitrogens with one attached hydrogen (secondary N) is 1. The van der Waals surface area contributed by atoms with Crippen molar-refractivity contribution in [3.63, 3.8) is 0 Å². The van der Waals surface area contributed by atoms with Crippen LogP contribution < -0.4 is 5.32 Å². The molecule has 3 heteroatoms. The van der Waals surface area contributed by atoms with Gasteiger partial charge in [-0.15, -0.1) is 0 Å². The molecule has 0 aliphatic rings. The molecule has 2 rings (SSSR count). The number of carbonyl (C=O) groups is 1. The summed E-state index contributed by atoms with van der Waals surface area (Å²) < 4.78 is 0. The Labute approximate surface area is 141 Å². The van der Waals surface area contributed by atoms with E-state index < -0.39 is 0 Å². The number of benzene rings is 2. The summed E-state index contributed by atoms with van der Waals surface area (Å²) in [5, 5.41) is 4.07. The Bertz CT molecular complexity index is 583. The minimum atomic E-state index is 0.107. The molecule has 0 aliphatic heterocycles. The van der Waals surface area contributed by atoms with E-state index in [2.05, 4.69) is 39.4 Å². The van der Waals surface area contributed by atoms with Crippen molar-refractivity contribution in [3.05, 3.63) is 65.7 Å². The lowest BCUT2D eigenvalue weighted by Crippen LogP contribution is -2.12. The third kappa shape index (κ3) is 5.64. The second-order valence-electron chi connectivity index (χ2n) is 5.37. The van der Waals surface area contributed by atoms with E-state index in [4.69, 9.17) is 0 Å².